The molecule has 0 heterocycles. The number of aliphatic carboxylic acids is 1. The van der Waals surface area contributed by atoms with Crippen LogP contribution in [0.15, 0.2) is 60.0 Å². The molecule has 0 fully saturated rings. The van der Waals surface area contributed by atoms with Crippen LogP contribution in [0.1, 0.15) is 0 Å². The lowest BCUT2D eigenvalue weighted by atomic mass is 10.1. The summed E-state index contributed by atoms with van der Waals surface area (Å²) in [5.74, 6) is -1.14. The number of carboxylic acid groups (broad SMARTS) is 1. The van der Waals surface area contributed by atoms with Crippen LogP contribution < -0.4 is 0 Å². The maximum absolute atomic E-state index is 9.82. The first-order chi connectivity index (χ1) is 8.65. The molecule has 4 heteroatoms. The number of rotatable bonds is 2. The van der Waals surface area contributed by atoms with Crippen LogP contribution in [0.2, 0.25) is 0 Å². The lowest BCUT2D eigenvalue weighted by Crippen LogP contribution is -1.92. The van der Waals surface area contributed by atoms with E-state index in [0.717, 1.165) is 0 Å². The zero-order valence-electron chi connectivity index (χ0n) is 9.54. The van der Waals surface area contributed by atoms with Gasteiger partial charge >= 0.3 is 5.97 Å². The van der Waals surface area contributed by atoms with Crippen molar-refractivity contribution in [1.29, 1.82) is 5.26 Å². The highest BCUT2D eigenvalue weighted by atomic mass is 32.2. The second-order valence-electron chi connectivity index (χ2n) is 3.27. The van der Waals surface area contributed by atoms with Gasteiger partial charge in [-0.05, 0) is 22.5 Å². The lowest BCUT2D eigenvalue weighted by molar-refractivity contribution is -0.131. The predicted octanol–water partition coefficient (Wildman–Crippen LogP) is 3.64. The van der Waals surface area contributed by atoms with Crippen LogP contribution in [-0.4, -0.2) is 11.1 Å². The van der Waals surface area contributed by atoms with Crippen LogP contribution in [0.4, 0.5) is 0 Å². The molecular formula is C14H11NO2S. The molecule has 18 heavy (non-hydrogen) atoms. The molecule has 0 saturated heterocycles. The first kappa shape index (κ1) is 13.8. The van der Waals surface area contributed by atoms with E-state index in [1.54, 1.807) is 5.40 Å². The monoisotopic (exact) mass is 257 g/mol. The summed E-state index contributed by atoms with van der Waals surface area (Å²) in [5, 5.41) is 20.1. The smallest absolute Gasteiger partial charge is 0.342 e. The van der Waals surface area contributed by atoms with Crippen molar-refractivity contribution in [2.45, 2.75) is 0 Å². The van der Waals surface area contributed by atoms with E-state index in [9.17, 15) is 4.79 Å². The second-order valence-corrected chi connectivity index (χ2v) is 4.15. The van der Waals surface area contributed by atoms with E-state index in [1.165, 1.54) is 10.8 Å². The quantitative estimate of drug-likeness (QED) is 0.659. The minimum Gasteiger partial charge on any atom is -0.477 e. The fourth-order valence-corrected chi connectivity index (χ4v) is 1.43. The summed E-state index contributed by atoms with van der Waals surface area (Å²) in [6, 6.07) is 16.7. The average molecular weight is 257 g/mol. The highest BCUT2D eigenvalue weighted by Crippen LogP contribution is 2.11. The standard InChI is InChI=1S/C10H8.C4H3NO2S/c1-2-6-10-8-4-3-7-9(10)5-1;1-3(4(6)7)8-2-5/h1-8H;1H2,(H,6,7). The Morgan fingerprint density at radius 2 is 1.50 bits per heavy atom. The first-order valence-corrected chi connectivity index (χ1v) is 5.88. The highest BCUT2D eigenvalue weighted by Gasteiger charge is 2.01. The highest BCUT2D eigenvalue weighted by molar-refractivity contribution is 8.08. The second kappa shape index (κ2) is 7.15. The van der Waals surface area contributed by atoms with Gasteiger partial charge in [0, 0.05) is 0 Å². The Hall–Kier alpha value is -2.25. The normalized spacial score (nSPS) is 8.83. The Bertz CT molecular complexity index is 537. The fraction of sp³-hybridized carbons (Fsp3) is 0. The Balaban J connectivity index is 0.000000187. The average Bonchev–Trinajstić information content (AvgIpc) is 2.40. The van der Waals surface area contributed by atoms with Crippen LogP contribution in [0.5, 0.6) is 0 Å². The van der Waals surface area contributed by atoms with Gasteiger partial charge in [0.1, 0.15) is 10.3 Å². The van der Waals surface area contributed by atoms with Crippen molar-refractivity contribution < 1.29 is 9.90 Å². The zero-order chi connectivity index (χ0) is 13.4. The number of hydrogen-bond acceptors (Lipinski definition) is 3. The SMILES string of the molecule is C=C(SC#N)C(=O)O.c1ccc2ccccc2c1. The number of carboxylic acids is 1. The molecule has 1 N–H and O–H groups in total. The third-order valence-corrected chi connectivity index (χ3v) is 2.58. The largest absolute Gasteiger partial charge is 0.477 e. The van der Waals surface area contributed by atoms with Gasteiger partial charge in [0.2, 0.25) is 0 Å². The van der Waals surface area contributed by atoms with Crippen molar-refractivity contribution >= 4 is 28.5 Å². The summed E-state index contributed by atoms with van der Waals surface area (Å²) in [6.07, 6.45) is 0. The minimum absolute atomic E-state index is 0.146. The molecule has 0 radical (unpaired) electrons. The number of nitriles is 1. The third-order valence-electron chi connectivity index (χ3n) is 2.07. The molecule has 0 aliphatic carbocycles. The zero-order valence-corrected chi connectivity index (χ0v) is 10.4. The van der Waals surface area contributed by atoms with E-state index in [2.05, 4.69) is 55.1 Å². The maximum Gasteiger partial charge on any atom is 0.342 e. The molecule has 2 aromatic rings. The van der Waals surface area contributed by atoms with Gasteiger partial charge in [0.25, 0.3) is 0 Å². The number of thioether (sulfide) groups is 1. The Kier molecular flexibility index (Phi) is 5.49. The van der Waals surface area contributed by atoms with E-state index >= 15 is 0 Å². The molecular weight excluding hydrogens is 246 g/mol. The van der Waals surface area contributed by atoms with E-state index in [4.69, 9.17) is 10.4 Å². The number of fused-ring (bicyclic) bond motifs is 1. The van der Waals surface area contributed by atoms with Gasteiger partial charge in [0.15, 0.2) is 0 Å². The van der Waals surface area contributed by atoms with Crippen molar-refractivity contribution in [1.82, 2.24) is 0 Å². The lowest BCUT2D eigenvalue weighted by Gasteiger charge is -1.92. The van der Waals surface area contributed by atoms with Gasteiger partial charge in [0.05, 0.1) is 0 Å². The van der Waals surface area contributed by atoms with E-state index < -0.39 is 5.97 Å². The van der Waals surface area contributed by atoms with Crippen molar-refractivity contribution in [2.24, 2.45) is 0 Å². The van der Waals surface area contributed by atoms with Gasteiger partial charge in [-0.3, -0.25) is 0 Å². The van der Waals surface area contributed by atoms with Gasteiger partial charge in [-0.25, -0.2) is 4.79 Å². The van der Waals surface area contributed by atoms with Crippen LogP contribution >= 0.6 is 11.8 Å². The molecule has 0 aliphatic heterocycles. The summed E-state index contributed by atoms with van der Waals surface area (Å²) in [5.41, 5.74) is 0. The molecule has 90 valence electrons. The van der Waals surface area contributed by atoms with Crippen LogP contribution in [-0.2, 0) is 4.79 Å². The van der Waals surface area contributed by atoms with E-state index in [0.29, 0.717) is 11.8 Å². The summed E-state index contributed by atoms with van der Waals surface area (Å²) < 4.78 is 0. The molecule has 0 aromatic heterocycles. The maximum atomic E-state index is 9.82. The minimum atomic E-state index is -1.14. The third kappa shape index (κ3) is 4.32. The van der Waals surface area contributed by atoms with Crippen molar-refractivity contribution in [3.8, 4) is 5.40 Å². The number of nitrogens with zero attached hydrogens (tertiary/aromatic N) is 1. The van der Waals surface area contributed by atoms with Crippen LogP contribution in [0.3, 0.4) is 0 Å². The predicted molar refractivity (Wildman–Crippen MR) is 73.9 cm³/mol. The molecule has 0 atom stereocenters. The molecule has 0 aliphatic rings. The van der Waals surface area contributed by atoms with E-state index in [-0.39, 0.29) is 4.91 Å². The van der Waals surface area contributed by atoms with Crippen LogP contribution in [0, 0.1) is 10.7 Å². The number of benzene rings is 2. The molecule has 0 saturated carbocycles. The summed E-state index contributed by atoms with van der Waals surface area (Å²) >= 11 is 0.551. The van der Waals surface area contributed by atoms with Crippen molar-refractivity contribution in [2.75, 3.05) is 0 Å². The molecule has 0 unspecified atom stereocenters. The van der Waals surface area contributed by atoms with Crippen LogP contribution in [0.25, 0.3) is 10.8 Å². The van der Waals surface area contributed by atoms with Gasteiger partial charge in [-0.1, -0.05) is 55.1 Å². The summed E-state index contributed by atoms with van der Waals surface area (Å²) in [6.45, 7) is 3.08. The molecule has 3 nitrogen and oxygen atoms in total. The number of carbonyl (C=O) groups is 1. The fourth-order valence-electron chi connectivity index (χ4n) is 1.23. The molecule has 0 bridgehead atoms. The van der Waals surface area contributed by atoms with Gasteiger partial charge in [-0.15, -0.1) is 0 Å². The molecule has 2 aromatic carbocycles. The number of thiocyanates is 1. The number of hydrogen-bond donors (Lipinski definition) is 1. The Labute approximate surface area is 109 Å². The van der Waals surface area contributed by atoms with Gasteiger partial charge in [-0.2, -0.15) is 5.26 Å². The summed E-state index contributed by atoms with van der Waals surface area (Å²) in [7, 11) is 0. The van der Waals surface area contributed by atoms with Gasteiger partial charge < -0.3 is 5.11 Å². The van der Waals surface area contributed by atoms with Crippen molar-refractivity contribution in [3.63, 3.8) is 0 Å². The molecule has 2 rings (SSSR count). The summed E-state index contributed by atoms with van der Waals surface area (Å²) in [4.78, 5) is 9.67. The molecule has 0 amide bonds. The topological polar surface area (TPSA) is 61.1 Å². The van der Waals surface area contributed by atoms with E-state index in [1.807, 2.05) is 0 Å². The Morgan fingerprint density at radius 1 is 1.11 bits per heavy atom. The van der Waals surface area contributed by atoms with Crippen molar-refractivity contribution in [3.05, 3.63) is 60.0 Å². The molecule has 0 spiro atoms. The Morgan fingerprint density at radius 3 is 1.72 bits per heavy atom. The first-order valence-electron chi connectivity index (χ1n) is 5.07.